The van der Waals surface area contributed by atoms with Crippen molar-refractivity contribution in [1.82, 2.24) is 0 Å². The molecule has 2 aliphatic heterocycles. The van der Waals surface area contributed by atoms with E-state index in [1.165, 1.54) is 26.8 Å². The predicted octanol–water partition coefficient (Wildman–Crippen LogP) is 1.87. The van der Waals surface area contributed by atoms with Crippen LogP contribution in [0.5, 0.6) is 0 Å². The smallest absolute Gasteiger partial charge is 0.303 e. The summed E-state index contributed by atoms with van der Waals surface area (Å²) in [5.74, 6) is -1.92. The standard InChI is InChI=1S/C19H21BrN2O9/c1-9(23)29-16-8-28-19(18(31-11(3)25)17(16)30-10(2)24)21-5-4-12-6-13(20)15(22(26)27)7-14(12)21/h6-7,16-19H,4-5,8H2,1-3H3/t16-,17-,18-,19+/m1/s1. The molecule has 1 aromatic carbocycles. The third-order valence-corrected chi connectivity index (χ3v) is 5.54. The number of nitro benzene ring substituents is 1. The fourth-order valence-corrected chi connectivity index (χ4v) is 4.35. The quantitative estimate of drug-likeness (QED) is 0.255. The van der Waals surface area contributed by atoms with Gasteiger partial charge in [-0.25, -0.2) is 0 Å². The molecule has 0 unspecified atom stereocenters. The third-order valence-electron chi connectivity index (χ3n) is 4.91. The fourth-order valence-electron chi connectivity index (χ4n) is 3.82. The summed E-state index contributed by atoms with van der Waals surface area (Å²) in [5, 5.41) is 11.4. The molecular weight excluding hydrogens is 480 g/mol. The van der Waals surface area contributed by atoms with Gasteiger partial charge < -0.3 is 23.8 Å². The van der Waals surface area contributed by atoms with Gasteiger partial charge in [-0.1, -0.05) is 0 Å². The van der Waals surface area contributed by atoms with Crippen LogP contribution in [0.4, 0.5) is 11.4 Å². The number of benzene rings is 1. The lowest BCUT2D eigenvalue weighted by Gasteiger charge is -2.44. The van der Waals surface area contributed by atoms with E-state index in [9.17, 15) is 24.5 Å². The minimum absolute atomic E-state index is 0.121. The van der Waals surface area contributed by atoms with E-state index in [2.05, 4.69) is 15.9 Å². The molecule has 1 saturated heterocycles. The van der Waals surface area contributed by atoms with Gasteiger partial charge in [-0.2, -0.15) is 0 Å². The monoisotopic (exact) mass is 500 g/mol. The Labute approximate surface area is 185 Å². The summed E-state index contributed by atoms with van der Waals surface area (Å²) in [5.41, 5.74) is 1.26. The van der Waals surface area contributed by atoms with Crippen LogP contribution in [-0.4, -0.2) is 60.5 Å². The number of ether oxygens (including phenoxy) is 4. The molecule has 0 aromatic heterocycles. The van der Waals surface area contributed by atoms with Crippen molar-refractivity contribution in [2.24, 2.45) is 0 Å². The number of hydrogen-bond donors (Lipinski definition) is 0. The summed E-state index contributed by atoms with van der Waals surface area (Å²) < 4.78 is 22.3. The molecular formula is C19H21BrN2O9. The Bertz CT molecular complexity index is 922. The van der Waals surface area contributed by atoms with Crippen LogP contribution in [0.15, 0.2) is 16.6 Å². The van der Waals surface area contributed by atoms with Gasteiger partial charge >= 0.3 is 17.9 Å². The second-order valence-electron chi connectivity index (χ2n) is 7.15. The van der Waals surface area contributed by atoms with Crippen LogP contribution in [-0.2, 0) is 39.8 Å². The third kappa shape index (κ3) is 4.96. The SMILES string of the molecule is CC(=O)O[C@@H]1[C@H](OC(C)=O)[C@H](OC(C)=O)CO[C@@H]1N1CCc2cc(Br)c([N+](=O)[O-])cc21. The Balaban J connectivity index is 1.99. The van der Waals surface area contributed by atoms with E-state index in [1.807, 2.05) is 0 Å². The Morgan fingerprint density at radius 3 is 2.29 bits per heavy atom. The second kappa shape index (κ2) is 9.18. The van der Waals surface area contributed by atoms with E-state index in [-0.39, 0.29) is 12.3 Å². The number of nitrogens with zero attached hydrogens (tertiary/aromatic N) is 2. The Morgan fingerprint density at radius 2 is 1.71 bits per heavy atom. The van der Waals surface area contributed by atoms with Gasteiger partial charge in [-0.05, 0) is 34.0 Å². The largest absolute Gasteiger partial charge is 0.456 e. The highest BCUT2D eigenvalue weighted by molar-refractivity contribution is 9.10. The number of hydrogen-bond acceptors (Lipinski definition) is 10. The maximum atomic E-state index is 11.8. The molecule has 0 saturated carbocycles. The van der Waals surface area contributed by atoms with Gasteiger partial charge in [0.2, 0.25) is 0 Å². The van der Waals surface area contributed by atoms with E-state index in [4.69, 9.17) is 18.9 Å². The lowest BCUT2D eigenvalue weighted by atomic mass is 10.0. The number of anilines is 1. The zero-order valence-electron chi connectivity index (χ0n) is 17.0. The lowest BCUT2D eigenvalue weighted by molar-refractivity contribution is -0.385. The zero-order valence-corrected chi connectivity index (χ0v) is 18.6. The van der Waals surface area contributed by atoms with E-state index >= 15 is 0 Å². The number of nitro groups is 1. The molecule has 0 aliphatic carbocycles. The molecule has 4 atom stereocenters. The van der Waals surface area contributed by atoms with Crippen molar-refractivity contribution in [2.75, 3.05) is 18.1 Å². The van der Waals surface area contributed by atoms with Crippen molar-refractivity contribution in [1.29, 1.82) is 0 Å². The first-order valence-corrected chi connectivity index (χ1v) is 10.2. The number of fused-ring (bicyclic) bond motifs is 1. The van der Waals surface area contributed by atoms with Gasteiger partial charge in [-0.3, -0.25) is 24.5 Å². The van der Waals surface area contributed by atoms with Gasteiger partial charge in [0.05, 0.1) is 16.0 Å². The molecule has 2 heterocycles. The number of carbonyl (C=O) groups is 3. The van der Waals surface area contributed by atoms with Crippen LogP contribution in [0.2, 0.25) is 0 Å². The summed E-state index contributed by atoms with van der Waals surface area (Å²) in [7, 11) is 0. The molecule has 3 rings (SSSR count). The molecule has 0 N–H and O–H groups in total. The van der Waals surface area contributed by atoms with Crippen molar-refractivity contribution >= 4 is 45.2 Å². The van der Waals surface area contributed by atoms with Gasteiger partial charge in [0, 0.05) is 39.1 Å². The summed E-state index contributed by atoms with van der Waals surface area (Å²) in [4.78, 5) is 47.6. The predicted molar refractivity (Wildman–Crippen MR) is 108 cm³/mol. The van der Waals surface area contributed by atoms with Gasteiger partial charge in [-0.15, -0.1) is 0 Å². The van der Waals surface area contributed by atoms with Crippen LogP contribution in [0.3, 0.4) is 0 Å². The number of esters is 3. The van der Waals surface area contributed by atoms with Crippen molar-refractivity contribution in [3.63, 3.8) is 0 Å². The molecule has 31 heavy (non-hydrogen) atoms. The molecule has 0 radical (unpaired) electrons. The van der Waals surface area contributed by atoms with Crippen LogP contribution >= 0.6 is 15.9 Å². The molecule has 0 amide bonds. The highest BCUT2D eigenvalue weighted by Gasteiger charge is 2.50. The Morgan fingerprint density at radius 1 is 1.10 bits per heavy atom. The molecule has 12 heteroatoms. The minimum Gasteiger partial charge on any atom is -0.456 e. The molecule has 1 aromatic rings. The first kappa shape index (κ1) is 22.9. The van der Waals surface area contributed by atoms with E-state index < -0.39 is 47.4 Å². The number of halogens is 1. The average Bonchev–Trinajstić information content (AvgIpc) is 3.05. The number of rotatable bonds is 5. The van der Waals surface area contributed by atoms with Crippen molar-refractivity contribution in [3.8, 4) is 0 Å². The van der Waals surface area contributed by atoms with E-state index in [0.29, 0.717) is 23.1 Å². The molecule has 0 spiro atoms. The fraction of sp³-hybridized carbons (Fsp3) is 0.526. The van der Waals surface area contributed by atoms with E-state index in [1.54, 1.807) is 11.0 Å². The molecule has 168 valence electrons. The highest BCUT2D eigenvalue weighted by Crippen LogP contribution is 2.40. The van der Waals surface area contributed by atoms with Crippen molar-refractivity contribution in [2.45, 2.75) is 51.7 Å². The first-order valence-electron chi connectivity index (χ1n) is 9.45. The summed E-state index contributed by atoms with van der Waals surface area (Å²) >= 11 is 3.21. The second-order valence-corrected chi connectivity index (χ2v) is 8.01. The zero-order chi connectivity index (χ0) is 22.9. The van der Waals surface area contributed by atoms with Crippen molar-refractivity contribution < 1.29 is 38.3 Å². The summed E-state index contributed by atoms with van der Waals surface area (Å²) in [6.45, 7) is 3.88. The minimum atomic E-state index is -1.13. The van der Waals surface area contributed by atoms with Crippen LogP contribution in [0.1, 0.15) is 26.3 Å². The summed E-state index contributed by atoms with van der Waals surface area (Å²) in [6.07, 6.45) is -3.57. The normalized spacial score (nSPS) is 24.8. The highest BCUT2D eigenvalue weighted by atomic mass is 79.9. The Kier molecular flexibility index (Phi) is 6.80. The average molecular weight is 501 g/mol. The Hall–Kier alpha value is -2.73. The van der Waals surface area contributed by atoms with Crippen LogP contribution in [0, 0.1) is 10.1 Å². The molecule has 0 bridgehead atoms. The van der Waals surface area contributed by atoms with Gasteiger partial charge in [0.15, 0.2) is 24.5 Å². The van der Waals surface area contributed by atoms with Gasteiger partial charge in [0.1, 0.15) is 0 Å². The van der Waals surface area contributed by atoms with Gasteiger partial charge in [0.25, 0.3) is 5.69 Å². The van der Waals surface area contributed by atoms with Crippen LogP contribution < -0.4 is 4.90 Å². The number of carbonyl (C=O) groups excluding carboxylic acids is 3. The van der Waals surface area contributed by atoms with Crippen molar-refractivity contribution in [3.05, 3.63) is 32.3 Å². The maximum Gasteiger partial charge on any atom is 0.303 e. The van der Waals surface area contributed by atoms with E-state index in [0.717, 1.165) is 5.56 Å². The van der Waals surface area contributed by atoms with Crippen LogP contribution in [0.25, 0.3) is 0 Å². The molecule has 2 aliphatic rings. The molecule has 1 fully saturated rings. The first-order chi connectivity index (χ1) is 14.6. The maximum absolute atomic E-state index is 11.8. The lowest BCUT2D eigenvalue weighted by Crippen LogP contribution is -2.62. The summed E-state index contributed by atoms with van der Waals surface area (Å²) in [6, 6.07) is 3.09. The topological polar surface area (TPSA) is 135 Å². The molecule has 11 nitrogen and oxygen atoms in total.